The Bertz CT molecular complexity index is 687. The second-order valence-corrected chi connectivity index (χ2v) is 4.79. The van der Waals surface area contributed by atoms with Crippen molar-refractivity contribution in [3.8, 4) is 0 Å². The summed E-state index contributed by atoms with van der Waals surface area (Å²) in [5, 5.41) is 25.6. The Morgan fingerprint density at radius 3 is 1.56 bits per heavy atom. The second-order valence-electron chi connectivity index (χ2n) is 4.79. The molecule has 0 fully saturated rings. The lowest BCUT2D eigenvalue weighted by Crippen LogP contribution is -2.32. The molecule has 7 nitrogen and oxygen atoms in total. The van der Waals surface area contributed by atoms with Gasteiger partial charge >= 0.3 is 17.9 Å². The average Bonchev–Trinajstić information content (AvgIpc) is 2.56. The molecule has 25 heavy (non-hydrogen) atoms. The van der Waals surface area contributed by atoms with Crippen molar-refractivity contribution in [2.24, 2.45) is 5.73 Å². The maximum atomic E-state index is 10.5. The Morgan fingerprint density at radius 1 is 0.800 bits per heavy atom. The Balaban J connectivity index is 0.000000443. The van der Waals surface area contributed by atoms with E-state index in [0.29, 0.717) is 6.42 Å². The Hall–Kier alpha value is -2.66. The molecule has 2 aromatic rings. The Labute approximate surface area is 154 Å². The minimum absolute atomic E-state index is 0. The third-order valence-electron chi connectivity index (χ3n) is 3.00. The number of hydrogen-bond donors (Lipinski definition) is 4. The van der Waals surface area contributed by atoms with Crippen LogP contribution < -0.4 is 5.73 Å². The summed E-state index contributed by atoms with van der Waals surface area (Å²) < 4.78 is 0. The van der Waals surface area contributed by atoms with Gasteiger partial charge in [0.25, 0.3) is 0 Å². The highest BCUT2D eigenvalue weighted by molar-refractivity contribution is 6.01. The van der Waals surface area contributed by atoms with Gasteiger partial charge in [-0.1, -0.05) is 42.5 Å². The number of carbonyl (C=O) groups is 3. The van der Waals surface area contributed by atoms with Crippen LogP contribution in [0.15, 0.2) is 54.6 Å². The molecule has 0 aliphatic rings. The van der Waals surface area contributed by atoms with Crippen LogP contribution in [0.2, 0.25) is 0 Å². The first kappa shape index (κ1) is 22.3. The minimum Gasteiger partial charge on any atom is -0.480 e. The van der Waals surface area contributed by atoms with Crippen LogP contribution in [0, 0.1) is 0 Å². The topological polar surface area (TPSA) is 138 Å². The van der Waals surface area contributed by atoms with Crippen molar-refractivity contribution >= 4 is 35.3 Å². The fourth-order valence-electron chi connectivity index (χ4n) is 1.81. The highest BCUT2D eigenvalue weighted by atomic mass is 27.0. The summed E-state index contributed by atoms with van der Waals surface area (Å²) in [4.78, 5) is 31.3. The van der Waals surface area contributed by atoms with E-state index in [1.807, 2.05) is 30.3 Å². The molecule has 0 radical (unpaired) electrons. The third kappa shape index (κ3) is 7.63. The minimum atomic E-state index is -1.23. The van der Waals surface area contributed by atoms with E-state index in [4.69, 9.17) is 21.1 Å². The van der Waals surface area contributed by atoms with Crippen molar-refractivity contribution in [3.05, 3.63) is 71.3 Å². The lowest BCUT2D eigenvalue weighted by atomic mass is 10.1. The van der Waals surface area contributed by atoms with Crippen molar-refractivity contribution in [2.75, 3.05) is 0 Å². The molecule has 5 N–H and O–H groups in total. The summed E-state index contributed by atoms with van der Waals surface area (Å²) in [6.45, 7) is 0. The van der Waals surface area contributed by atoms with Crippen molar-refractivity contribution in [3.63, 3.8) is 0 Å². The zero-order chi connectivity index (χ0) is 18.1. The molecule has 0 aliphatic heterocycles. The van der Waals surface area contributed by atoms with Crippen molar-refractivity contribution in [1.82, 2.24) is 0 Å². The van der Waals surface area contributed by atoms with Gasteiger partial charge in [-0.05, 0) is 24.1 Å². The SMILES string of the molecule is NC(Cc1ccccc1)C(=O)O.O=C(O)c1ccccc1C(=O)O.[AlH3]. The smallest absolute Gasteiger partial charge is 0.336 e. The first-order valence-corrected chi connectivity index (χ1v) is 6.91. The van der Waals surface area contributed by atoms with Crippen LogP contribution >= 0.6 is 0 Å². The highest BCUT2D eigenvalue weighted by Crippen LogP contribution is 2.07. The fourth-order valence-corrected chi connectivity index (χ4v) is 1.81. The van der Waals surface area contributed by atoms with Crippen LogP contribution in [0.4, 0.5) is 0 Å². The van der Waals surface area contributed by atoms with Gasteiger partial charge in [0.05, 0.1) is 11.1 Å². The molecule has 0 heterocycles. The zero-order valence-electron chi connectivity index (χ0n) is 12.6. The molecular formula is C17H20AlNO6. The molecular weight excluding hydrogens is 341 g/mol. The van der Waals surface area contributed by atoms with Gasteiger partial charge in [-0.15, -0.1) is 0 Å². The third-order valence-corrected chi connectivity index (χ3v) is 3.00. The van der Waals surface area contributed by atoms with Crippen molar-refractivity contribution in [2.45, 2.75) is 12.5 Å². The summed E-state index contributed by atoms with van der Waals surface area (Å²) in [6, 6.07) is 14.0. The van der Waals surface area contributed by atoms with E-state index in [1.54, 1.807) is 0 Å². The molecule has 0 bridgehead atoms. The maximum absolute atomic E-state index is 10.5. The fraction of sp³-hybridized carbons (Fsp3) is 0.118. The van der Waals surface area contributed by atoms with Gasteiger partial charge in [0.2, 0.25) is 0 Å². The molecule has 1 unspecified atom stereocenters. The van der Waals surface area contributed by atoms with Gasteiger partial charge in [0.1, 0.15) is 6.04 Å². The number of benzene rings is 2. The van der Waals surface area contributed by atoms with Gasteiger partial charge in [-0.25, -0.2) is 9.59 Å². The molecule has 0 saturated heterocycles. The van der Waals surface area contributed by atoms with Gasteiger partial charge in [0, 0.05) is 0 Å². The summed E-state index contributed by atoms with van der Waals surface area (Å²) in [5.41, 5.74) is 5.92. The normalized spacial score (nSPS) is 10.4. The molecule has 0 saturated carbocycles. The van der Waals surface area contributed by atoms with Crippen LogP contribution in [0.5, 0.6) is 0 Å². The van der Waals surface area contributed by atoms with E-state index in [2.05, 4.69) is 0 Å². The van der Waals surface area contributed by atoms with E-state index in [9.17, 15) is 14.4 Å². The molecule has 1 atom stereocenters. The van der Waals surface area contributed by atoms with E-state index < -0.39 is 23.9 Å². The Kier molecular flexibility index (Phi) is 9.83. The van der Waals surface area contributed by atoms with E-state index in [0.717, 1.165) is 5.56 Å². The predicted molar refractivity (Wildman–Crippen MR) is 96.1 cm³/mol. The molecule has 2 rings (SSSR count). The standard InChI is InChI=1S/C9H11NO2.C8H6O4.Al.3H/c10-8(9(11)12)6-7-4-2-1-3-5-7;9-7(10)5-3-1-2-4-6(5)8(11)12;;;;/h1-5,8H,6,10H2,(H,11,12);1-4H,(H,9,10)(H,11,12);;;;. The highest BCUT2D eigenvalue weighted by Gasteiger charge is 2.13. The summed E-state index contributed by atoms with van der Waals surface area (Å²) in [5.74, 6) is -3.42. The van der Waals surface area contributed by atoms with Gasteiger partial charge in [0.15, 0.2) is 17.4 Å². The number of nitrogens with two attached hydrogens (primary N) is 1. The molecule has 0 spiro atoms. The molecule has 0 aromatic heterocycles. The Morgan fingerprint density at radius 2 is 1.20 bits per heavy atom. The van der Waals surface area contributed by atoms with E-state index >= 15 is 0 Å². The average molecular weight is 361 g/mol. The molecule has 132 valence electrons. The first-order chi connectivity index (χ1) is 11.3. The molecule has 0 aliphatic carbocycles. The zero-order valence-corrected chi connectivity index (χ0v) is 12.6. The van der Waals surface area contributed by atoms with Gasteiger partial charge in [-0.3, -0.25) is 4.79 Å². The quantitative estimate of drug-likeness (QED) is 0.570. The monoisotopic (exact) mass is 361 g/mol. The lowest BCUT2D eigenvalue weighted by molar-refractivity contribution is -0.138. The summed E-state index contributed by atoms with van der Waals surface area (Å²) >= 11 is 0. The van der Waals surface area contributed by atoms with E-state index in [1.165, 1.54) is 24.3 Å². The van der Waals surface area contributed by atoms with Gasteiger partial charge < -0.3 is 21.1 Å². The van der Waals surface area contributed by atoms with Gasteiger partial charge in [-0.2, -0.15) is 0 Å². The largest absolute Gasteiger partial charge is 0.480 e. The number of rotatable bonds is 5. The second kappa shape index (κ2) is 11.0. The van der Waals surface area contributed by atoms with E-state index in [-0.39, 0.29) is 28.5 Å². The number of aliphatic carboxylic acids is 1. The summed E-state index contributed by atoms with van der Waals surface area (Å²) in [6.07, 6.45) is 0.385. The number of carboxylic acids is 3. The molecule has 8 heteroatoms. The predicted octanol–water partition coefficient (Wildman–Crippen LogP) is 0.540. The van der Waals surface area contributed by atoms with Crippen molar-refractivity contribution in [1.29, 1.82) is 0 Å². The number of carboxylic acid groups (broad SMARTS) is 3. The van der Waals surface area contributed by atoms with Crippen LogP contribution in [0.25, 0.3) is 0 Å². The maximum Gasteiger partial charge on any atom is 0.336 e. The molecule has 0 amide bonds. The number of aromatic carboxylic acids is 2. The van der Waals surface area contributed by atoms with Crippen LogP contribution in [0.3, 0.4) is 0 Å². The lowest BCUT2D eigenvalue weighted by Gasteiger charge is -2.04. The number of hydrogen-bond acceptors (Lipinski definition) is 4. The van der Waals surface area contributed by atoms with Crippen molar-refractivity contribution < 1.29 is 29.7 Å². The first-order valence-electron chi connectivity index (χ1n) is 6.91. The van der Waals surface area contributed by atoms with Crippen LogP contribution in [-0.2, 0) is 11.2 Å². The van der Waals surface area contributed by atoms with Crippen LogP contribution in [0.1, 0.15) is 26.3 Å². The molecule has 2 aromatic carbocycles. The van der Waals surface area contributed by atoms with Crippen LogP contribution in [-0.4, -0.2) is 56.6 Å². The summed E-state index contributed by atoms with van der Waals surface area (Å²) in [7, 11) is 0.